The van der Waals surface area contributed by atoms with Crippen molar-refractivity contribution in [3.63, 3.8) is 0 Å². The first kappa shape index (κ1) is 25.3. The molecule has 0 aliphatic heterocycles. The number of nitrogens with zero attached hydrogens (tertiary/aromatic N) is 3. The average molecular weight is 539 g/mol. The van der Waals surface area contributed by atoms with Crippen LogP contribution in [0.5, 0.6) is 5.75 Å². The number of amides is 1. The second-order valence-corrected chi connectivity index (χ2v) is 11.3. The Morgan fingerprint density at radius 2 is 1.91 bits per heavy atom. The highest BCUT2D eigenvalue weighted by Crippen LogP contribution is 2.29. The number of rotatable bonds is 8. The number of hydrogen-bond acceptors (Lipinski definition) is 10. The van der Waals surface area contributed by atoms with E-state index in [1.54, 1.807) is 24.3 Å². The molecule has 0 spiro atoms. The van der Waals surface area contributed by atoms with Crippen LogP contribution in [-0.2, 0) is 24.7 Å². The first-order valence-corrected chi connectivity index (χ1v) is 13.6. The summed E-state index contributed by atoms with van der Waals surface area (Å²) in [4.78, 5) is 16.1. The van der Waals surface area contributed by atoms with Crippen molar-refractivity contribution in [2.24, 2.45) is 0 Å². The summed E-state index contributed by atoms with van der Waals surface area (Å²) in [7, 11) is -7.75. The third-order valence-corrected chi connectivity index (χ3v) is 7.94. The number of nitriles is 1. The van der Waals surface area contributed by atoms with Crippen molar-refractivity contribution >= 4 is 60.2 Å². The second kappa shape index (κ2) is 10.3. The zero-order valence-corrected chi connectivity index (χ0v) is 20.5. The van der Waals surface area contributed by atoms with Crippen molar-refractivity contribution in [3.8, 4) is 11.8 Å². The fourth-order valence-electron chi connectivity index (χ4n) is 2.42. The van der Waals surface area contributed by atoms with Crippen LogP contribution in [0.2, 0.25) is 5.02 Å². The summed E-state index contributed by atoms with van der Waals surface area (Å²) < 4.78 is 57.1. The summed E-state index contributed by atoms with van der Waals surface area (Å²) in [6, 6.07) is 13.2. The van der Waals surface area contributed by atoms with Crippen molar-refractivity contribution in [2.75, 3.05) is 11.1 Å². The molecular weight excluding hydrogens is 524 g/mol. The number of nitrogens with one attached hydrogen (secondary N) is 1. The van der Waals surface area contributed by atoms with Crippen LogP contribution in [0.15, 0.2) is 64.2 Å². The topological polar surface area (TPSA) is 156 Å². The Morgan fingerprint density at radius 1 is 1.21 bits per heavy atom. The highest BCUT2D eigenvalue weighted by atomic mass is 35.5. The summed E-state index contributed by atoms with van der Waals surface area (Å²) in [5.41, 5.74) is -0.0237. The van der Waals surface area contributed by atoms with Crippen LogP contribution in [0.25, 0.3) is 6.08 Å². The second-order valence-electron chi connectivity index (χ2n) is 6.45. The Morgan fingerprint density at radius 3 is 2.53 bits per heavy atom. The molecule has 0 aliphatic rings. The van der Waals surface area contributed by atoms with Gasteiger partial charge in [0.25, 0.3) is 11.1 Å². The molecule has 1 aromatic heterocycles. The van der Waals surface area contributed by atoms with E-state index in [9.17, 15) is 26.9 Å². The molecule has 34 heavy (non-hydrogen) atoms. The van der Waals surface area contributed by atoms with Crippen LogP contribution < -0.4 is 9.50 Å². The Hall–Kier alpha value is -3.31. The zero-order chi connectivity index (χ0) is 24.9. The molecule has 0 radical (unpaired) electrons. The first-order chi connectivity index (χ1) is 16.1. The van der Waals surface area contributed by atoms with E-state index in [0.717, 1.165) is 0 Å². The van der Waals surface area contributed by atoms with Crippen LogP contribution >= 0.6 is 23.1 Å². The third-order valence-electron chi connectivity index (χ3n) is 4.15. The monoisotopic (exact) mass is 538 g/mol. The molecule has 3 rings (SSSR count). The van der Waals surface area contributed by atoms with Crippen LogP contribution in [0.1, 0.15) is 12.5 Å². The minimum absolute atomic E-state index is 0.0509. The van der Waals surface area contributed by atoms with Gasteiger partial charge in [-0.1, -0.05) is 42.8 Å². The summed E-state index contributed by atoms with van der Waals surface area (Å²) >= 11 is 6.80. The van der Waals surface area contributed by atoms with Gasteiger partial charge < -0.3 is 4.18 Å². The number of carbonyl (C=O) groups excluding carboxylic acids is 1. The van der Waals surface area contributed by atoms with Gasteiger partial charge in [0, 0.05) is 11.5 Å². The van der Waals surface area contributed by atoms with E-state index in [0.29, 0.717) is 17.1 Å². The van der Waals surface area contributed by atoms with Gasteiger partial charge in [-0.15, -0.1) is 0 Å². The highest BCUT2D eigenvalue weighted by molar-refractivity contribution is 7.91. The predicted octanol–water partition coefficient (Wildman–Crippen LogP) is 3.30. The van der Waals surface area contributed by atoms with E-state index < -0.39 is 31.0 Å². The lowest BCUT2D eigenvalue weighted by Crippen LogP contribution is -2.14. The van der Waals surface area contributed by atoms with E-state index in [2.05, 4.69) is 14.7 Å². The molecule has 2 aromatic carbocycles. The molecule has 176 valence electrons. The molecule has 10 nitrogen and oxygen atoms in total. The van der Waals surface area contributed by atoms with Gasteiger partial charge in [0.15, 0.2) is 5.75 Å². The van der Waals surface area contributed by atoms with Crippen molar-refractivity contribution in [1.82, 2.24) is 9.36 Å². The van der Waals surface area contributed by atoms with Gasteiger partial charge in [-0.3, -0.25) is 10.1 Å². The van der Waals surface area contributed by atoms with Gasteiger partial charge in [-0.2, -0.15) is 23.0 Å². The molecule has 1 heterocycles. The summed E-state index contributed by atoms with van der Waals surface area (Å²) in [5.74, 6) is -1.18. The number of carbonyl (C=O) groups is 1. The standard InChI is InChI=1S/C20H15ClN4O6S3/c1-2-33(27,28)20-24-19(32-25-20)23-18(26)14(12-22)10-13-8-9-17(16(21)11-13)31-34(29,30)15-6-4-3-5-7-15/h3-11H,2H2,1H3,(H,23,24,25,26). The molecule has 0 aliphatic carbocycles. The Bertz CT molecular complexity index is 1510. The van der Waals surface area contributed by atoms with Crippen molar-refractivity contribution in [2.45, 2.75) is 17.0 Å². The van der Waals surface area contributed by atoms with Crippen LogP contribution in [0, 0.1) is 11.3 Å². The van der Waals surface area contributed by atoms with Crippen molar-refractivity contribution < 1.29 is 25.8 Å². The Kier molecular flexibility index (Phi) is 7.68. The molecule has 0 fully saturated rings. The lowest BCUT2D eigenvalue weighted by atomic mass is 10.1. The van der Waals surface area contributed by atoms with E-state index in [1.165, 1.54) is 43.3 Å². The molecule has 0 atom stereocenters. The number of sulfone groups is 1. The SMILES string of the molecule is CCS(=O)(=O)c1nsc(NC(=O)C(C#N)=Cc2ccc(OS(=O)(=O)c3ccccc3)c(Cl)c2)n1. The zero-order valence-electron chi connectivity index (χ0n) is 17.3. The van der Waals surface area contributed by atoms with Crippen molar-refractivity contribution in [1.29, 1.82) is 5.26 Å². The van der Waals surface area contributed by atoms with Crippen LogP contribution in [0.4, 0.5) is 5.13 Å². The number of anilines is 1. The fourth-order valence-corrected chi connectivity index (χ4v) is 5.25. The molecule has 1 amide bonds. The predicted molar refractivity (Wildman–Crippen MR) is 126 cm³/mol. The highest BCUT2D eigenvalue weighted by Gasteiger charge is 2.21. The van der Waals surface area contributed by atoms with E-state index >= 15 is 0 Å². The Balaban J connectivity index is 1.78. The molecule has 14 heteroatoms. The molecule has 0 saturated carbocycles. The van der Waals surface area contributed by atoms with Gasteiger partial charge in [0.05, 0.1) is 10.8 Å². The summed E-state index contributed by atoms with van der Waals surface area (Å²) in [6.45, 7) is 1.43. The molecular formula is C20H15ClN4O6S3. The van der Waals surface area contributed by atoms with Gasteiger partial charge in [0.1, 0.15) is 16.5 Å². The number of aromatic nitrogens is 2. The van der Waals surface area contributed by atoms with Crippen LogP contribution in [0.3, 0.4) is 0 Å². The smallest absolute Gasteiger partial charge is 0.339 e. The Labute approximate surface area is 204 Å². The van der Waals surface area contributed by atoms with E-state index in [4.69, 9.17) is 15.8 Å². The number of halogens is 1. The normalized spacial score (nSPS) is 12.1. The summed E-state index contributed by atoms with van der Waals surface area (Å²) in [6.07, 6.45) is 1.21. The lowest BCUT2D eigenvalue weighted by molar-refractivity contribution is -0.112. The minimum atomic E-state index is -4.11. The van der Waals surface area contributed by atoms with Crippen molar-refractivity contribution in [3.05, 3.63) is 64.7 Å². The van der Waals surface area contributed by atoms with Gasteiger partial charge in [-0.25, -0.2) is 8.42 Å². The quantitative estimate of drug-likeness (QED) is 0.258. The average Bonchev–Trinajstić information content (AvgIpc) is 3.29. The summed E-state index contributed by atoms with van der Waals surface area (Å²) in [5, 5.41) is 11.1. The maximum absolute atomic E-state index is 12.4. The van der Waals surface area contributed by atoms with Gasteiger partial charge >= 0.3 is 10.1 Å². The molecule has 1 N–H and O–H groups in total. The van der Waals surface area contributed by atoms with Crippen LogP contribution in [-0.4, -0.2) is 37.9 Å². The largest absolute Gasteiger partial charge is 0.377 e. The van der Waals surface area contributed by atoms with Gasteiger partial charge in [0.2, 0.25) is 15.0 Å². The molecule has 3 aromatic rings. The maximum atomic E-state index is 12.4. The van der Waals surface area contributed by atoms with Gasteiger partial charge in [-0.05, 0) is 35.9 Å². The minimum Gasteiger partial charge on any atom is -0.377 e. The van der Waals surface area contributed by atoms with E-state index in [1.807, 2.05) is 0 Å². The number of benzene rings is 2. The lowest BCUT2D eigenvalue weighted by Gasteiger charge is -2.09. The van der Waals surface area contributed by atoms with E-state index in [-0.39, 0.29) is 32.1 Å². The fraction of sp³-hybridized carbons (Fsp3) is 0.100. The maximum Gasteiger partial charge on any atom is 0.339 e. The molecule has 0 saturated heterocycles. The third kappa shape index (κ3) is 5.97. The molecule has 0 unspecified atom stereocenters. The first-order valence-electron chi connectivity index (χ1n) is 9.34. The molecule has 0 bridgehead atoms. The number of hydrogen-bond donors (Lipinski definition) is 1.